The van der Waals surface area contributed by atoms with E-state index in [9.17, 15) is 5.11 Å². The molecular formula is C8H9BrO. The van der Waals surface area contributed by atoms with Gasteiger partial charge in [0.2, 0.25) is 0 Å². The number of phenolic OH excluding ortho intramolecular Hbond substituents is 1. The highest BCUT2D eigenvalue weighted by Crippen LogP contribution is 2.28. The summed E-state index contributed by atoms with van der Waals surface area (Å²) < 4.78 is 0.799. The smallest absolute Gasteiger partial charge is 0.130 e. The number of halogens is 1. The molecule has 0 aliphatic rings. The molecule has 10 heavy (non-hydrogen) atoms. The molecule has 0 heterocycles. The van der Waals surface area contributed by atoms with Gasteiger partial charge in [0.05, 0.1) is 4.47 Å². The Hall–Kier alpha value is -0.500. The second-order valence-electron chi connectivity index (χ2n) is 2.34. The molecule has 0 bridgehead atoms. The molecule has 1 N–H and O–H groups in total. The Morgan fingerprint density at radius 3 is 2.40 bits per heavy atom. The van der Waals surface area contributed by atoms with Crippen LogP contribution in [0.15, 0.2) is 16.6 Å². The number of hydrogen-bond acceptors (Lipinski definition) is 1. The predicted octanol–water partition coefficient (Wildman–Crippen LogP) is 2.77. The third kappa shape index (κ3) is 1.16. The van der Waals surface area contributed by atoms with Crippen LogP contribution >= 0.6 is 15.9 Å². The minimum atomic E-state index is 0.308. The van der Waals surface area contributed by atoms with E-state index in [1.165, 1.54) is 5.56 Å². The number of aryl methyl sites for hydroxylation is 1. The van der Waals surface area contributed by atoms with Gasteiger partial charge in [-0.2, -0.15) is 0 Å². The SMILES string of the molecule is Cc1ccc(O)c(Br)c1C. The molecule has 0 aliphatic heterocycles. The summed E-state index contributed by atoms with van der Waals surface area (Å²) in [4.78, 5) is 0. The normalized spacial score (nSPS) is 9.90. The van der Waals surface area contributed by atoms with Crippen molar-refractivity contribution in [1.82, 2.24) is 0 Å². The molecule has 54 valence electrons. The zero-order valence-corrected chi connectivity index (χ0v) is 7.57. The number of phenols is 1. The van der Waals surface area contributed by atoms with Crippen LogP contribution in [0, 0.1) is 13.8 Å². The molecule has 0 radical (unpaired) electrons. The lowest BCUT2D eigenvalue weighted by molar-refractivity contribution is 0.471. The van der Waals surface area contributed by atoms with Crippen molar-refractivity contribution in [3.05, 3.63) is 27.7 Å². The molecule has 0 amide bonds. The minimum absolute atomic E-state index is 0.308. The molecule has 0 fully saturated rings. The van der Waals surface area contributed by atoms with Gasteiger partial charge in [0, 0.05) is 0 Å². The Balaban J connectivity index is 3.34. The molecule has 0 atom stereocenters. The molecule has 2 heteroatoms. The summed E-state index contributed by atoms with van der Waals surface area (Å²) in [5.74, 6) is 0.308. The molecule has 1 nitrogen and oxygen atoms in total. The van der Waals surface area contributed by atoms with E-state index < -0.39 is 0 Å². The molecule has 0 unspecified atom stereocenters. The Labute approximate surface area is 68.8 Å². The van der Waals surface area contributed by atoms with Crippen LogP contribution in [0.2, 0.25) is 0 Å². The summed E-state index contributed by atoms with van der Waals surface area (Å²) in [6, 6.07) is 3.59. The number of aromatic hydroxyl groups is 1. The molecule has 0 saturated heterocycles. The second kappa shape index (κ2) is 2.62. The standard InChI is InChI=1S/C8H9BrO/c1-5-3-4-7(10)8(9)6(5)2/h3-4,10H,1-2H3. The monoisotopic (exact) mass is 200 g/mol. The summed E-state index contributed by atoms with van der Waals surface area (Å²) in [6.45, 7) is 3.98. The highest BCUT2D eigenvalue weighted by molar-refractivity contribution is 9.10. The van der Waals surface area contributed by atoms with E-state index in [2.05, 4.69) is 15.9 Å². The highest BCUT2D eigenvalue weighted by Gasteiger charge is 2.01. The molecule has 0 saturated carbocycles. The Kier molecular flexibility index (Phi) is 2.00. The fourth-order valence-electron chi connectivity index (χ4n) is 0.767. The van der Waals surface area contributed by atoms with E-state index in [0.717, 1.165) is 10.0 Å². The largest absolute Gasteiger partial charge is 0.507 e. The maximum Gasteiger partial charge on any atom is 0.130 e. The lowest BCUT2D eigenvalue weighted by Crippen LogP contribution is -1.81. The van der Waals surface area contributed by atoms with Crippen molar-refractivity contribution in [3.8, 4) is 5.75 Å². The van der Waals surface area contributed by atoms with Gasteiger partial charge in [0.1, 0.15) is 5.75 Å². The van der Waals surface area contributed by atoms with Gasteiger partial charge in [-0.1, -0.05) is 6.07 Å². The third-order valence-electron chi connectivity index (χ3n) is 1.64. The van der Waals surface area contributed by atoms with Crippen LogP contribution in [0.4, 0.5) is 0 Å². The van der Waals surface area contributed by atoms with Gasteiger partial charge < -0.3 is 5.11 Å². The van der Waals surface area contributed by atoms with Crippen LogP contribution < -0.4 is 0 Å². The number of benzene rings is 1. The summed E-state index contributed by atoms with van der Waals surface area (Å²) in [5.41, 5.74) is 2.28. The van der Waals surface area contributed by atoms with Gasteiger partial charge in [-0.05, 0) is 47.0 Å². The average Bonchev–Trinajstić information content (AvgIpc) is 1.93. The fraction of sp³-hybridized carbons (Fsp3) is 0.250. The van der Waals surface area contributed by atoms with Crippen molar-refractivity contribution >= 4 is 15.9 Å². The number of rotatable bonds is 0. The van der Waals surface area contributed by atoms with Gasteiger partial charge in [-0.3, -0.25) is 0 Å². The third-order valence-corrected chi connectivity index (χ3v) is 2.64. The van der Waals surface area contributed by atoms with E-state index in [1.54, 1.807) is 6.07 Å². The van der Waals surface area contributed by atoms with Crippen molar-refractivity contribution in [1.29, 1.82) is 0 Å². The van der Waals surface area contributed by atoms with Gasteiger partial charge in [0.25, 0.3) is 0 Å². The lowest BCUT2D eigenvalue weighted by Gasteiger charge is -2.03. The van der Waals surface area contributed by atoms with Gasteiger partial charge >= 0.3 is 0 Å². The van der Waals surface area contributed by atoms with Crippen LogP contribution in [0.25, 0.3) is 0 Å². The Bertz CT molecular complexity index is 229. The van der Waals surface area contributed by atoms with Crippen LogP contribution in [-0.4, -0.2) is 5.11 Å². The zero-order valence-electron chi connectivity index (χ0n) is 5.98. The first-order valence-corrected chi connectivity index (χ1v) is 3.87. The predicted molar refractivity (Wildman–Crippen MR) is 45.3 cm³/mol. The minimum Gasteiger partial charge on any atom is -0.507 e. The quantitative estimate of drug-likeness (QED) is 0.684. The van der Waals surface area contributed by atoms with E-state index >= 15 is 0 Å². The summed E-state index contributed by atoms with van der Waals surface area (Å²) in [6.07, 6.45) is 0. The second-order valence-corrected chi connectivity index (χ2v) is 3.13. The first-order valence-electron chi connectivity index (χ1n) is 3.07. The lowest BCUT2D eigenvalue weighted by atomic mass is 10.1. The van der Waals surface area contributed by atoms with Crippen molar-refractivity contribution in [3.63, 3.8) is 0 Å². The van der Waals surface area contributed by atoms with Crippen LogP contribution in [0.1, 0.15) is 11.1 Å². The maximum atomic E-state index is 9.18. The van der Waals surface area contributed by atoms with Crippen molar-refractivity contribution < 1.29 is 5.11 Å². The first-order chi connectivity index (χ1) is 4.63. The molecular weight excluding hydrogens is 192 g/mol. The zero-order chi connectivity index (χ0) is 7.72. The van der Waals surface area contributed by atoms with Crippen LogP contribution in [0.5, 0.6) is 5.75 Å². The molecule has 0 spiro atoms. The molecule has 1 aromatic carbocycles. The molecule has 0 aromatic heterocycles. The molecule has 1 aromatic rings. The van der Waals surface area contributed by atoms with Crippen LogP contribution in [-0.2, 0) is 0 Å². The van der Waals surface area contributed by atoms with Crippen molar-refractivity contribution in [2.45, 2.75) is 13.8 Å². The molecule has 1 rings (SSSR count). The maximum absolute atomic E-state index is 9.18. The summed E-state index contributed by atoms with van der Waals surface area (Å²) in [5, 5.41) is 9.18. The Morgan fingerprint density at radius 1 is 1.30 bits per heavy atom. The number of hydrogen-bond donors (Lipinski definition) is 1. The van der Waals surface area contributed by atoms with Gasteiger partial charge in [-0.25, -0.2) is 0 Å². The first kappa shape index (κ1) is 7.61. The molecule has 0 aliphatic carbocycles. The van der Waals surface area contributed by atoms with E-state index in [4.69, 9.17) is 0 Å². The fourth-order valence-corrected chi connectivity index (χ4v) is 1.21. The average molecular weight is 201 g/mol. The van der Waals surface area contributed by atoms with Gasteiger partial charge in [-0.15, -0.1) is 0 Å². The van der Waals surface area contributed by atoms with Gasteiger partial charge in [0.15, 0.2) is 0 Å². The topological polar surface area (TPSA) is 20.2 Å². The van der Waals surface area contributed by atoms with E-state index in [-0.39, 0.29) is 0 Å². The Morgan fingerprint density at radius 2 is 1.90 bits per heavy atom. The summed E-state index contributed by atoms with van der Waals surface area (Å²) >= 11 is 3.28. The summed E-state index contributed by atoms with van der Waals surface area (Å²) in [7, 11) is 0. The van der Waals surface area contributed by atoms with E-state index in [0.29, 0.717) is 5.75 Å². The van der Waals surface area contributed by atoms with Crippen LogP contribution in [0.3, 0.4) is 0 Å². The highest BCUT2D eigenvalue weighted by atomic mass is 79.9. The van der Waals surface area contributed by atoms with Crippen molar-refractivity contribution in [2.24, 2.45) is 0 Å². The van der Waals surface area contributed by atoms with Crippen molar-refractivity contribution in [2.75, 3.05) is 0 Å². The van der Waals surface area contributed by atoms with E-state index in [1.807, 2.05) is 19.9 Å².